The number of phenols is 1. The van der Waals surface area contributed by atoms with E-state index in [0.29, 0.717) is 44.9 Å². The van der Waals surface area contributed by atoms with Crippen LogP contribution in [-0.4, -0.2) is 35.5 Å². The van der Waals surface area contributed by atoms with Gasteiger partial charge in [0, 0.05) is 11.8 Å². The van der Waals surface area contributed by atoms with Crippen molar-refractivity contribution in [2.45, 2.75) is 19.9 Å². The van der Waals surface area contributed by atoms with Gasteiger partial charge in [-0.15, -0.1) is 0 Å². The molecule has 176 valence electrons. The van der Waals surface area contributed by atoms with Crippen molar-refractivity contribution in [3.63, 3.8) is 0 Å². The molecule has 9 nitrogen and oxygen atoms in total. The van der Waals surface area contributed by atoms with Gasteiger partial charge in [0.25, 0.3) is 5.91 Å². The van der Waals surface area contributed by atoms with Crippen LogP contribution in [0.4, 0.5) is 11.5 Å². The maximum absolute atomic E-state index is 13.5. The van der Waals surface area contributed by atoms with Crippen LogP contribution in [0, 0.1) is 6.92 Å². The number of benzene rings is 2. The number of hydrogen-bond donors (Lipinski definition) is 3. The highest BCUT2D eigenvalue weighted by molar-refractivity contribution is 7.80. The van der Waals surface area contributed by atoms with Gasteiger partial charge in [0.15, 0.2) is 22.4 Å². The lowest BCUT2D eigenvalue weighted by Gasteiger charge is -2.38. The van der Waals surface area contributed by atoms with Crippen molar-refractivity contribution >= 4 is 34.7 Å². The molecule has 10 heteroatoms. The molecule has 1 unspecified atom stereocenters. The molecule has 0 fully saturated rings. The van der Waals surface area contributed by atoms with Crippen LogP contribution in [-0.2, 0) is 4.79 Å². The quantitative estimate of drug-likeness (QED) is 0.450. The minimum Gasteiger partial charge on any atom is -0.504 e. The van der Waals surface area contributed by atoms with Gasteiger partial charge in [-0.3, -0.25) is 9.69 Å². The van der Waals surface area contributed by atoms with Gasteiger partial charge in [-0.25, -0.2) is 0 Å². The fourth-order valence-corrected chi connectivity index (χ4v) is 4.24. The molecule has 4 rings (SSSR count). The van der Waals surface area contributed by atoms with E-state index in [0.717, 1.165) is 0 Å². The van der Waals surface area contributed by atoms with Gasteiger partial charge in [0.05, 0.1) is 31.5 Å². The molecule has 0 spiro atoms. The van der Waals surface area contributed by atoms with E-state index in [1.165, 1.54) is 7.11 Å². The Bertz CT molecular complexity index is 1290. The Balaban J connectivity index is 1.84. The average Bonchev–Trinajstić information content (AvgIpc) is 3.23. The maximum atomic E-state index is 13.5. The molecule has 34 heavy (non-hydrogen) atoms. The number of aromatic hydroxyl groups is 1. The molecule has 0 aliphatic carbocycles. The number of aromatic nitrogens is 1. The van der Waals surface area contributed by atoms with Crippen LogP contribution >= 0.6 is 12.2 Å². The summed E-state index contributed by atoms with van der Waals surface area (Å²) in [4.78, 5) is 15.3. The van der Waals surface area contributed by atoms with Crippen LogP contribution in [0.1, 0.15) is 24.3 Å². The number of nitrogens with one attached hydrogen (secondary N) is 2. The van der Waals surface area contributed by atoms with Crippen molar-refractivity contribution < 1.29 is 23.9 Å². The van der Waals surface area contributed by atoms with E-state index in [4.69, 9.17) is 26.2 Å². The molecule has 3 aromatic rings. The van der Waals surface area contributed by atoms with E-state index >= 15 is 0 Å². The Hall–Kier alpha value is -4.05. The third kappa shape index (κ3) is 4.27. The Morgan fingerprint density at radius 2 is 1.88 bits per heavy atom. The van der Waals surface area contributed by atoms with Gasteiger partial charge in [0.2, 0.25) is 0 Å². The van der Waals surface area contributed by atoms with Crippen molar-refractivity contribution in [2.75, 3.05) is 24.4 Å². The van der Waals surface area contributed by atoms with Gasteiger partial charge in [-0.1, -0.05) is 23.4 Å². The normalized spacial score (nSPS) is 15.7. The molecule has 1 aromatic heterocycles. The number of nitrogens with zero attached hydrogens (tertiary/aromatic N) is 2. The minimum absolute atomic E-state index is 0.0515. The summed E-state index contributed by atoms with van der Waals surface area (Å²) in [6.45, 7) is 3.54. The van der Waals surface area contributed by atoms with E-state index in [9.17, 15) is 9.90 Å². The zero-order chi connectivity index (χ0) is 24.4. The highest BCUT2D eigenvalue weighted by Gasteiger charge is 2.36. The summed E-state index contributed by atoms with van der Waals surface area (Å²) >= 11 is 5.70. The second-order valence-electron chi connectivity index (χ2n) is 7.60. The fraction of sp³-hybridized carbons (Fsp3) is 0.208. The standard InChI is InChI=1S/C24H24N4O5S/c1-13-11-20(27-33-13)25-23(30)21-14(2)28(16-7-5-6-8-18(16)31-3)24(34)26-22(21)15-9-10-19(32-4)17(29)12-15/h5-12,22,29H,1-4H3,(H,26,34)(H,25,27,30). The molecule has 0 saturated heterocycles. The summed E-state index contributed by atoms with van der Waals surface area (Å²) in [5, 5.41) is 20.6. The molecule has 2 heterocycles. The maximum Gasteiger partial charge on any atom is 0.257 e. The van der Waals surface area contributed by atoms with Gasteiger partial charge >= 0.3 is 0 Å². The number of carbonyl (C=O) groups excluding carboxylic acids is 1. The van der Waals surface area contributed by atoms with Gasteiger partial charge in [0.1, 0.15) is 11.5 Å². The van der Waals surface area contributed by atoms with Crippen molar-refractivity contribution in [3.05, 3.63) is 71.1 Å². The van der Waals surface area contributed by atoms with Crippen molar-refractivity contribution in [2.24, 2.45) is 0 Å². The summed E-state index contributed by atoms with van der Waals surface area (Å²) in [6, 6.07) is 13.3. The van der Waals surface area contributed by atoms with E-state index in [1.54, 1.807) is 50.1 Å². The lowest BCUT2D eigenvalue weighted by atomic mass is 9.93. The summed E-state index contributed by atoms with van der Waals surface area (Å²) in [5.41, 5.74) is 2.27. The number of carbonyl (C=O) groups is 1. The average molecular weight is 481 g/mol. The van der Waals surface area contributed by atoms with Gasteiger partial charge < -0.3 is 29.7 Å². The van der Waals surface area contributed by atoms with E-state index < -0.39 is 11.9 Å². The number of aryl methyl sites for hydroxylation is 1. The number of hydrogen-bond acceptors (Lipinski definition) is 7. The first-order valence-electron chi connectivity index (χ1n) is 10.4. The van der Waals surface area contributed by atoms with E-state index in [1.807, 2.05) is 24.3 Å². The van der Waals surface area contributed by atoms with Crippen molar-refractivity contribution in [1.82, 2.24) is 10.5 Å². The SMILES string of the molecule is COc1ccc(C2NC(=S)N(c3ccccc3OC)C(C)=C2C(=O)Nc2cc(C)on2)cc1O. The first kappa shape index (κ1) is 23.1. The fourth-order valence-electron chi connectivity index (χ4n) is 3.89. The second-order valence-corrected chi connectivity index (χ2v) is 7.98. The Morgan fingerprint density at radius 3 is 2.53 bits per heavy atom. The molecule has 3 N–H and O–H groups in total. The Kier molecular flexibility index (Phi) is 6.42. The monoisotopic (exact) mass is 480 g/mol. The molecular weight excluding hydrogens is 456 g/mol. The van der Waals surface area contributed by atoms with E-state index in [-0.39, 0.29) is 11.6 Å². The van der Waals surface area contributed by atoms with Crippen molar-refractivity contribution in [3.8, 4) is 17.2 Å². The molecule has 0 bridgehead atoms. The largest absolute Gasteiger partial charge is 0.504 e. The highest BCUT2D eigenvalue weighted by Crippen LogP contribution is 2.39. The van der Waals surface area contributed by atoms with Gasteiger partial charge in [-0.05, 0) is 55.9 Å². The first-order valence-corrected chi connectivity index (χ1v) is 10.8. The van der Waals surface area contributed by atoms with Gasteiger partial charge in [-0.2, -0.15) is 0 Å². The number of methoxy groups -OCH3 is 2. The highest BCUT2D eigenvalue weighted by atomic mass is 32.1. The predicted octanol–water partition coefficient (Wildman–Crippen LogP) is 4.05. The van der Waals surface area contributed by atoms with Crippen LogP contribution in [0.3, 0.4) is 0 Å². The molecule has 2 aromatic carbocycles. The Labute approximate surface area is 202 Å². The smallest absolute Gasteiger partial charge is 0.257 e. The molecule has 0 radical (unpaired) electrons. The molecule has 1 amide bonds. The van der Waals surface area contributed by atoms with Crippen LogP contribution in [0.2, 0.25) is 0 Å². The van der Waals surface area contributed by atoms with Crippen LogP contribution < -0.4 is 25.0 Å². The second kappa shape index (κ2) is 9.44. The number of rotatable bonds is 6. The lowest BCUT2D eigenvalue weighted by Crippen LogP contribution is -2.48. The zero-order valence-corrected chi connectivity index (χ0v) is 19.9. The Morgan fingerprint density at radius 1 is 1.15 bits per heavy atom. The third-order valence-corrected chi connectivity index (χ3v) is 5.76. The third-order valence-electron chi connectivity index (χ3n) is 5.46. The number of phenolic OH excluding ortho intramolecular Hbond substituents is 1. The number of thiocarbonyl (C=S) groups is 1. The topological polar surface area (TPSA) is 109 Å². The van der Waals surface area contributed by atoms with Crippen LogP contribution in [0.15, 0.2) is 64.3 Å². The number of allylic oxidation sites excluding steroid dienone is 1. The van der Waals surface area contributed by atoms with Crippen molar-refractivity contribution in [1.29, 1.82) is 0 Å². The van der Waals surface area contributed by atoms with E-state index in [2.05, 4.69) is 15.8 Å². The minimum atomic E-state index is -0.650. The first-order chi connectivity index (χ1) is 16.3. The summed E-state index contributed by atoms with van der Waals surface area (Å²) < 4.78 is 15.8. The molecule has 1 aliphatic heterocycles. The summed E-state index contributed by atoms with van der Waals surface area (Å²) in [6.07, 6.45) is 0. The number of anilines is 2. The molecule has 1 atom stereocenters. The van der Waals surface area contributed by atoms with Crippen LogP contribution in [0.25, 0.3) is 0 Å². The lowest BCUT2D eigenvalue weighted by molar-refractivity contribution is -0.113. The van der Waals surface area contributed by atoms with Crippen LogP contribution in [0.5, 0.6) is 17.2 Å². The molecular formula is C24H24N4O5S. The number of ether oxygens (including phenoxy) is 2. The molecule has 0 saturated carbocycles. The predicted molar refractivity (Wildman–Crippen MR) is 131 cm³/mol. The number of para-hydroxylation sites is 2. The summed E-state index contributed by atoms with van der Waals surface area (Å²) in [7, 11) is 3.04. The summed E-state index contributed by atoms with van der Waals surface area (Å²) in [5.74, 6) is 1.32. The molecule has 1 aliphatic rings. The number of amides is 1. The zero-order valence-electron chi connectivity index (χ0n) is 19.1.